The average molecular weight is 266 g/mol. The number of nitrogens with one attached hydrogen (secondary N) is 1. The summed E-state index contributed by atoms with van der Waals surface area (Å²) < 4.78 is 0. The van der Waals surface area contributed by atoms with E-state index in [-0.39, 0.29) is 0 Å². The minimum Gasteiger partial charge on any atom is -0.381 e. The van der Waals surface area contributed by atoms with E-state index in [0.717, 1.165) is 6.54 Å². The summed E-state index contributed by atoms with van der Waals surface area (Å²) in [4.78, 5) is 2.51. The first kappa shape index (κ1) is 13.0. The van der Waals surface area contributed by atoms with Gasteiger partial charge in [-0.05, 0) is 49.1 Å². The van der Waals surface area contributed by atoms with Crippen molar-refractivity contribution in [2.75, 3.05) is 23.3 Å². The Balaban J connectivity index is 1.74. The Morgan fingerprint density at radius 3 is 2.60 bits per heavy atom. The van der Waals surface area contributed by atoms with Crippen molar-refractivity contribution >= 4 is 11.4 Å². The van der Waals surface area contributed by atoms with Gasteiger partial charge in [0.05, 0.1) is 0 Å². The molecule has 2 nitrogen and oxygen atoms in total. The Bertz CT molecular complexity index is 571. The maximum atomic E-state index is 3.54. The zero-order valence-electron chi connectivity index (χ0n) is 12.1. The van der Waals surface area contributed by atoms with Gasteiger partial charge in [0.15, 0.2) is 0 Å². The van der Waals surface area contributed by atoms with Crippen molar-refractivity contribution in [3.8, 4) is 0 Å². The molecular weight excluding hydrogens is 244 g/mol. The first-order chi connectivity index (χ1) is 9.83. The van der Waals surface area contributed by atoms with Gasteiger partial charge in [-0.1, -0.05) is 30.3 Å². The second kappa shape index (κ2) is 6.00. The van der Waals surface area contributed by atoms with E-state index in [2.05, 4.69) is 65.7 Å². The minimum absolute atomic E-state index is 0.885. The van der Waals surface area contributed by atoms with E-state index in [1.54, 1.807) is 0 Å². The van der Waals surface area contributed by atoms with Crippen LogP contribution in [0.5, 0.6) is 0 Å². The van der Waals surface area contributed by atoms with Crippen molar-refractivity contribution in [1.29, 1.82) is 0 Å². The van der Waals surface area contributed by atoms with E-state index in [0.29, 0.717) is 0 Å². The molecule has 0 amide bonds. The number of rotatable bonds is 4. The molecule has 1 N–H and O–H groups in total. The van der Waals surface area contributed by atoms with Crippen LogP contribution in [-0.4, -0.2) is 13.1 Å². The summed E-state index contributed by atoms with van der Waals surface area (Å²) >= 11 is 0. The molecule has 2 aromatic carbocycles. The summed E-state index contributed by atoms with van der Waals surface area (Å²) in [7, 11) is 0. The minimum atomic E-state index is 0.885. The molecule has 2 heteroatoms. The highest BCUT2D eigenvalue weighted by Crippen LogP contribution is 2.25. The lowest BCUT2D eigenvalue weighted by Crippen LogP contribution is -2.19. The number of benzene rings is 2. The van der Waals surface area contributed by atoms with Gasteiger partial charge in [0.25, 0.3) is 0 Å². The van der Waals surface area contributed by atoms with E-state index in [1.807, 2.05) is 0 Å². The third-order valence-corrected chi connectivity index (χ3v) is 3.94. The van der Waals surface area contributed by atoms with Crippen LogP contribution in [0.25, 0.3) is 0 Å². The standard InChI is InChI=1S/C18H22N2/c1-15-7-6-9-17(13-15)19-14-16-8-2-3-10-18(16)20-11-4-5-12-20/h2-3,6-10,13,19H,4-5,11-12,14H2,1H3. The summed E-state index contributed by atoms with van der Waals surface area (Å²) in [6.45, 7) is 5.41. The predicted octanol–water partition coefficient (Wildman–Crippen LogP) is 4.21. The number of aryl methyl sites for hydroxylation is 1. The van der Waals surface area contributed by atoms with Crippen LogP contribution in [0.2, 0.25) is 0 Å². The summed E-state index contributed by atoms with van der Waals surface area (Å²) in [6.07, 6.45) is 2.64. The molecule has 0 aliphatic carbocycles. The van der Waals surface area contributed by atoms with Gasteiger partial charge >= 0.3 is 0 Å². The highest BCUT2D eigenvalue weighted by atomic mass is 15.1. The lowest BCUT2D eigenvalue weighted by atomic mass is 10.1. The van der Waals surface area contributed by atoms with E-state index in [4.69, 9.17) is 0 Å². The van der Waals surface area contributed by atoms with Crippen LogP contribution in [0.15, 0.2) is 48.5 Å². The SMILES string of the molecule is Cc1cccc(NCc2ccccc2N2CCCC2)c1. The fourth-order valence-corrected chi connectivity index (χ4v) is 2.88. The number of para-hydroxylation sites is 1. The third kappa shape index (κ3) is 2.96. The summed E-state index contributed by atoms with van der Waals surface area (Å²) in [5.74, 6) is 0. The monoisotopic (exact) mass is 266 g/mol. The number of anilines is 2. The van der Waals surface area contributed by atoms with Gasteiger partial charge < -0.3 is 10.2 Å². The van der Waals surface area contributed by atoms with Gasteiger partial charge in [0.1, 0.15) is 0 Å². The molecule has 3 rings (SSSR count). The predicted molar refractivity (Wildman–Crippen MR) is 86.4 cm³/mol. The van der Waals surface area contributed by atoms with Crippen LogP contribution in [0, 0.1) is 6.92 Å². The van der Waals surface area contributed by atoms with Gasteiger partial charge in [-0.15, -0.1) is 0 Å². The summed E-state index contributed by atoms with van der Waals surface area (Å²) in [6, 6.07) is 17.3. The molecule has 2 aromatic rings. The lowest BCUT2D eigenvalue weighted by Gasteiger charge is -2.21. The molecule has 0 spiro atoms. The second-order valence-corrected chi connectivity index (χ2v) is 5.55. The van der Waals surface area contributed by atoms with E-state index in [9.17, 15) is 0 Å². The topological polar surface area (TPSA) is 15.3 Å². The fraction of sp³-hybridized carbons (Fsp3) is 0.333. The molecule has 1 heterocycles. The molecule has 0 unspecified atom stereocenters. The number of nitrogens with zero attached hydrogens (tertiary/aromatic N) is 1. The quantitative estimate of drug-likeness (QED) is 0.892. The Kier molecular flexibility index (Phi) is 3.91. The highest BCUT2D eigenvalue weighted by molar-refractivity contribution is 5.56. The van der Waals surface area contributed by atoms with Gasteiger partial charge in [-0.25, -0.2) is 0 Å². The molecular formula is C18H22N2. The molecule has 1 aliphatic rings. The highest BCUT2D eigenvalue weighted by Gasteiger charge is 2.14. The molecule has 0 radical (unpaired) electrons. The third-order valence-electron chi connectivity index (χ3n) is 3.94. The van der Waals surface area contributed by atoms with Crippen molar-refractivity contribution in [3.63, 3.8) is 0 Å². The Morgan fingerprint density at radius 1 is 1.00 bits per heavy atom. The van der Waals surface area contributed by atoms with Crippen LogP contribution in [0.1, 0.15) is 24.0 Å². The van der Waals surface area contributed by atoms with Crippen molar-refractivity contribution < 1.29 is 0 Å². The zero-order valence-corrected chi connectivity index (χ0v) is 12.1. The van der Waals surface area contributed by atoms with Crippen molar-refractivity contribution in [2.24, 2.45) is 0 Å². The van der Waals surface area contributed by atoms with Crippen LogP contribution in [-0.2, 0) is 6.54 Å². The molecule has 0 bridgehead atoms. The van der Waals surface area contributed by atoms with E-state index < -0.39 is 0 Å². The molecule has 20 heavy (non-hydrogen) atoms. The molecule has 1 aliphatic heterocycles. The Hall–Kier alpha value is -1.96. The molecule has 0 saturated carbocycles. The van der Waals surface area contributed by atoms with Crippen LogP contribution in [0.4, 0.5) is 11.4 Å². The van der Waals surface area contributed by atoms with Gasteiger partial charge in [-0.3, -0.25) is 0 Å². The van der Waals surface area contributed by atoms with Gasteiger partial charge in [0.2, 0.25) is 0 Å². The van der Waals surface area contributed by atoms with Crippen LogP contribution < -0.4 is 10.2 Å². The molecule has 0 aromatic heterocycles. The summed E-state index contributed by atoms with van der Waals surface area (Å²) in [5.41, 5.74) is 5.27. The van der Waals surface area contributed by atoms with Crippen molar-refractivity contribution in [1.82, 2.24) is 0 Å². The zero-order chi connectivity index (χ0) is 13.8. The maximum Gasteiger partial charge on any atom is 0.0421 e. The number of hydrogen-bond acceptors (Lipinski definition) is 2. The second-order valence-electron chi connectivity index (χ2n) is 5.55. The Labute approximate surface area is 121 Å². The normalized spacial score (nSPS) is 14.6. The van der Waals surface area contributed by atoms with Gasteiger partial charge in [0, 0.05) is 31.0 Å². The van der Waals surface area contributed by atoms with E-state index >= 15 is 0 Å². The summed E-state index contributed by atoms with van der Waals surface area (Å²) in [5, 5.41) is 3.54. The smallest absolute Gasteiger partial charge is 0.0421 e. The first-order valence-corrected chi connectivity index (χ1v) is 7.46. The Morgan fingerprint density at radius 2 is 1.80 bits per heavy atom. The lowest BCUT2D eigenvalue weighted by molar-refractivity contribution is 0.949. The fourth-order valence-electron chi connectivity index (χ4n) is 2.88. The van der Waals surface area contributed by atoms with Crippen LogP contribution in [0.3, 0.4) is 0 Å². The molecule has 1 fully saturated rings. The number of hydrogen-bond donors (Lipinski definition) is 1. The molecule has 0 atom stereocenters. The molecule has 1 saturated heterocycles. The largest absolute Gasteiger partial charge is 0.381 e. The van der Waals surface area contributed by atoms with E-state index in [1.165, 1.54) is 48.4 Å². The first-order valence-electron chi connectivity index (χ1n) is 7.46. The maximum absolute atomic E-state index is 3.54. The van der Waals surface area contributed by atoms with Crippen molar-refractivity contribution in [2.45, 2.75) is 26.3 Å². The van der Waals surface area contributed by atoms with Crippen LogP contribution >= 0.6 is 0 Å². The van der Waals surface area contributed by atoms with Crippen molar-refractivity contribution in [3.05, 3.63) is 59.7 Å². The van der Waals surface area contributed by atoms with Gasteiger partial charge in [-0.2, -0.15) is 0 Å². The average Bonchev–Trinajstić information content (AvgIpc) is 3.00. The molecule has 104 valence electrons.